The van der Waals surface area contributed by atoms with Crippen molar-refractivity contribution in [1.82, 2.24) is 0 Å². The van der Waals surface area contributed by atoms with E-state index in [0.717, 1.165) is 35.4 Å². The van der Waals surface area contributed by atoms with Crippen molar-refractivity contribution in [3.63, 3.8) is 0 Å². The van der Waals surface area contributed by atoms with Crippen LogP contribution in [0.4, 0.5) is 11.4 Å². The highest BCUT2D eigenvalue weighted by molar-refractivity contribution is 9.10. The third-order valence-electron chi connectivity index (χ3n) is 3.76. The second-order valence-electron chi connectivity index (χ2n) is 5.28. The van der Waals surface area contributed by atoms with Gasteiger partial charge in [-0.2, -0.15) is 0 Å². The number of hydrogen-bond acceptors (Lipinski definition) is 3. The molecule has 0 aromatic heterocycles. The summed E-state index contributed by atoms with van der Waals surface area (Å²) in [6, 6.07) is 14.2. The number of nitrogen functional groups attached to an aromatic ring is 1. The molecule has 0 aliphatic carbocycles. The number of nitrogens with two attached hydrogens (primary N) is 1. The molecule has 0 saturated carbocycles. The molecule has 110 valence electrons. The van der Waals surface area contributed by atoms with E-state index in [4.69, 9.17) is 10.5 Å². The average molecular weight is 347 g/mol. The van der Waals surface area contributed by atoms with Crippen molar-refractivity contribution in [1.29, 1.82) is 0 Å². The molecule has 3 rings (SSSR count). The molecular formula is C17H19BrN2O. The van der Waals surface area contributed by atoms with E-state index in [1.807, 2.05) is 30.3 Å². The molecule has 0 fully saturated rings. The first-order chi connectivity index (χ1) is 10.2. The molecule has 21 heavy (non-hydrogen) atoms. The van der Waals surface area contributed by atoms with Crippen LogP contribution in [0, 0.1) is 0 Å². The fourth-order valence-corrected chi connectivity index (χ4v) is 3.00. The van der Waals surface area contributed by atoms with E-state index in [2.05, 4.69) is 33.0 Å². The van der Waals surface area contributed by atoms with Gasteiger partial charge >= 0.3 is 0 Å². The fourth-order valence-electron chi connectivity index (χ4n) is 2.73. The van der Waals surface area contributed by atoms with Crippen molar-refractivity contribution < 1.29 is 4.74 Å². The molecule has 1 heterocycles. The number of nitrogens with zero attached hydrogens (tertiary/aromatic N) is 1. The van der Waals surface area contributed by atoms with Crippen LogP contribution in [0.25, 0.3) is 0 Å². The second kappa shape index (κ2) is 6.39. The highest BCUT2D eigenvalue weighted by Gasteiger charge is 2.16. The number of aryl methyl sites for hydroxylation is 1. The fraction of sp³-hybridized carbons (Fsp3) is 0.294. The standard InChI is InChI=1S/C17H19BrN2O/c18-14-3-6-16(7-4-14)21-11-10-20-9-1-2-13-12-15(19)5-8-17(13)20/h3-8,12H,1-2,9-11,19H2. The van der Waals surface area contributed by atoms with Gasteiger partial charge in [-0.3, -0.25) is 0 Å². The van der Waals surface area contributed by atoms with Crippen LogP contribution in [0.2, 0.25) is 0 Å². The average Bonchev–Trinajstić information content (AvgIpc) is 2.49. The molecule has 0 bridgehead atoms. The number of ether oxygens (including phenoxy) is 1. The predicted octanol–water partition coefficient (Wildman–Crippen LogP) is 3.86. The Balaban J connectivity index is 1.60. The summed E-state index contributed by atoms with van der Waals surface area (Å²) in [5.74, 6) is 0.910. The maximum absolute atomic E-state index is 5.87. The van der Waals surface area contributed by atoms with Gasteiger partial charge in [0.15, 0.2) is 0 Å². The Bertz CT molecular complexity index is 613. The minimum atomic E-state index is 0.686. The zero-order valence-electron chi connectivity index (χ0n) is 11.9. The Labute approximate surface area is 133 Å². The summed E-state index contributed by atoms with van der Waals surface area (Å²) in [6.45, 7) is 2.67. The van der Waals surface area contributed by atoms with Gasteiger partial charge < -0.3 is 15.4 Å². The van der Waals surface area contributed by atoms with E-state index in [-0.39, 0.29) is 0 Å². The van der Waals surface area contributed by atoms with Gasteiger partial charge in [0.25, 0.3) is 0 Å². The van der Waals surface area contributed by atoms with Gasteiger partial charge in [0, 0.05) is 22.4 Å². The first-order valence-electron chi connectivity index (χ1n) is 7.24. The summed E-state index contributed by atoms with van der Waals surface area (Å²) >= 11 is 3.43. The van der Waals surface area contributed by atoms with Gasteiger partial charge in [0.1, 0.15) is 12.4 Å². The molecule has 0 amide bonds. The number of hydrogen-bond donors (Lipinski definition) is 1. The molecule has 1 aliphatic rings. The Morgan fingerprint density at radius 2 is 1.95 bits per heavy atom. The first kappa shape index (κ1) is 14.3. The molecule has 0 radical (unpaired) electrons. The largest absolute Gasteiger partial charge is 0.492 e. The monoisotopic (exact) mass is 346 g/mol. The van der Waals surface area contributed by atoms with Crippen LogP contribution in [-0.2, 0) is 6.42 Å². The van der Waals surface area contributed by atoms with E-state index in [9.17, 15) is 0 Å². The Morgan fingerprint density at radius 1 is 1.14 bits per heavy atom. The number of rotatable bonds is 4. The van der Waals surface area contributed by atoms with E-state index in [0.29, 0.717) is 6.61 Å². The zero-order chi connectivity index (χ0) is 14.7. The third-order valence-corrected chi connectivity index (χ3v) is 4.29. The summed E-state index contributed by atoms with van der Waals surface area (Å²) in [4.78, 5) is 2.39. The van der Waals surface area contributed by atoms with Crippen molar-refractivity contribution in [2.75, 3.05) is 30.3 Å². The summed E-state index contributed by atoms with van der Waals surface area (Å²) in [5.41, 5.74) is 9.37. The van der Waals surface area contributed by atoms with Gasteiger partial charge in [0.2, 0.25) is 0 Å². The summed E-state index contributed by atoms with van der Waals surface area (Å²) in [6.07, 6.45) is 2.29. The van der Waals surface area contributed by atoms with Gasteiger partial charge in [-0.1, -0.05) is 15.9 Å². The molecule has 0 atom stereocenters. The lowest BCUT2D eigenvalue weighted by molar-refractivity contribution is 0.322. The number of benzene rings is 2. The van der Waals surface area contributed by atoms with Gasteiger partial charge in [0.05, 0.1) is 6.54 Å². The van der Waals surface area contributed by atoms with E-state index in [1.165, 1.54) is 17.7 Å². The molecule has 0 saturated heterocycles. The maximum Gasteiger partial charge on any atom is 0.119 e. The molecule has 2 N–H and O–H groups in total. The van der Waals surface area contributed by atoms with Crippen LogP contribution < -0.4 is 15.4 Å². The first-order valence-corrected chi connectivity index (χ1v) is 8.03. The summed E-state index contributed by atoms with van der Waals surface area (Å²) in [5, 5.41) is 0. The third kappa shape index (κ3) is 3.50. The smallest absolute Gasteiger partial charge is 0.119 e. The Morgan fingerprint density at radius 3 is 2.76 bits per heavy atom. The van der Waals surface area contributed by atoms with E-state index in [1.54, 1.807) is 0 Å². The summed E-state index contributed by atoms with van der Waals surface area (Å²) in [7, 11) is 0. The number of fused-ring (bicyclic) bond motifs is 1. The highest BCUT2D eigenvalue weighted by atomic mass is 79.9. The molecule has 0 spiro atoms. The van der Waals surface area contributed by atoms with Gasteiger partial charge in [-0.05, 0) is 60.9 Å². The zero-order valence-corrected chi connectivity index (χ0v) is 13.5. The Hall–Kier alpha value is -1.68. The SMILES string of the molecule is Nc1ccc2c(c1)CCCN2CCOc1ccc(Br)cc1. The lowest BCUT2D eigenvalue weighted by Crippen LogP contribution is -2.33. The molecular weight excluding hydrogens is 328 g/mol. The topological polar surface area (TPSA) is 38.5 Å². The van der Waals surface area contributed by atoms with Gasteiger partial charge in [-0.25, -0.2) is 0 Å². The van der Waals surface area contributed by atoms with Crippen LogP contribution in [0.5, 0.6) is 5.75 Å². The molecule has 2 aromatic rings. The molecule has 4 heteroatoms. The van der Waals surface area contributed by atoms with Crippen LogP contribution in [0.15, 0.2) is 46.9 Å². The molecule has 2 aromatic carbocycles. The van der Waals surface area contributed by atoms with Crippen molar-refractivity contribution >= 4 is 27.3 Å². The van der Waals surface area contributed by atoms with E-state index < -0.39 is 0 Å². The normalized spacial score (nSPS) is 13.9. The number of anilines is 2. The molecule has 0 unspecified atom stereocenters. The van der Waals surface area contributed by atoms with Crippen molar-refractivity contribution in [2.24, 2.45) is 0 Å². The highest BCUT2D eigenvalue weighted by Crippen LogP contribution is 2.28. The van der Waals surface area contributed by atoms with Crippen molar-refractivity contribution in [2.45, 2.75) is 12.8 Å². The van der Waals surface area contributed by atoms with Crippen LogP contribution in [0.1, 0.15) is 12.0 Å². The summed E-state index contributed by atoms with van der Waals surface area (Å²) < 4.78 is 6.88. The van der Waals surface area contributed by atoms with Crippen LogP contribution in [-0.4, -0.2) is 19.7 Å². The van der Waals surface area contributed by atoms with Crippen molar-refractivity contribution in [3.05, 3.63) is 52.5 Å². The van der Waals surface area contributed by atoms with Gasteiger partial charge in [-0.15, -0.1) is 0 Å². The molecule has 1 aliphatic heterocycles. The number of halogens is 1. The predicted molar refractivity (Wildman–Crippen MR) is 91.0 cm³/mol. The minimum Gasteiger partial charge on any atom is -0.492 e. The van der Waals surface area contributed by atoms with Crippen molar-refractivity contribution in [3.8, 4) is 5.75 Å². The van der Waals surface area contributed by atoms with Crippen LogP contribution in [0.3, 0.4) is 0 Å². The maximum atomic E-state index is 5.87. The van der Waals surface area contributed by atoms with Crippen LogP contribution >= 0.6 is 15.9 Å². The lowest BCUT2D eigenvalue weighted by Gasteiger charge is -2.31. The Kier molecular flexibility index (Phi) is 4.34. The lowest BCUT2D eigenvalue weighted by atomic mass is 10.0. The van der Waals surface area contributed by atoms with E-state index >= 15 is 0 Å². The quantitative estimate of drug-likeness (QED) is 0.854. The minimum absolute atomic E-state index is 0.686. The molecule has 3 nitrogen and oxygen atoms in total. The second-order valence-corrected chi connectivity index (χ2v) is 6.20.